The summed E-state index contributed by atoms with van der Waals surface area (Å²) in [6.07, 6.45) is 9.65. The summed E-state index contributed by atoms with van der Waals surface area (Å²) in [6, 6.07) is 0. The molecule has 0 saturated heterocycles. The van der Waals surface area contributed by atoms with Crippen molar-refractivity contribution < 1.29 is 19.9 Å². The van der Waals surface area contributed by atoms with Crippen LogP contribution in [0.5, 0.6) is 0 Å². The van der Waals surface area contributed by atoms with E-state index in [0.717, 1.165) is 50.4 Å². The van der Waals surface area contributed by atoms with E-state index in [1.54, 1.807) is 6.08 Å². The maximum Gasteiger partial charge on any atom is 0.155 e. The van der Waals surface area contributed by atoms with E-state index >= 15 is 0 Å². The summed E-state index contributed by atoms with van der Waals surface area (Å²) in [7, 11) is 0. The number of fused-ring (bicyclic) bond motifs is 5. The summed E-state index contributed by atoms with van der Waals surface area (Å²) in [6.45, 7) is 2.16. The van der Waals surface area contributed by atoms with Gasteiger partial charge in [0.2, 0.25) is 0 Å². The van der Waals surface area contributed by atoms with Crippen molar-refractivity contribution in [3.8, 4) is 0 Å². The fourth-order valence-corrected chi connectivity index (χ4v) is 6.26. The van der Waals surface area contributed by atoms with Gasteiger partial charge in [-0.05, 0) is 62.4 Å². The summed E-state index contributed by atoms with van der Waals surface area (Å²) in [5.74, 6) is 1.91. The Kier molecular flexibility index (Phi) is 3.87. The first kappa shape index (κ1) is 16.6. The standard InChI is InChI=1S/C19H24O3.H2O/c1-18-8-7-16-14(15(18)4-5-17(18)22)3-2-12-10-13(21)6-9-19(12,16)11-20;/h10-11,14-16H,2-9H2,1H3;1H2/t14-,15-,16-,18-,19+;/m0./s1. The van der Waals surface area contributed by atoms with E-state index in [2.05, 4.69) is 6.92 Å². The Bertz CT molecular complexity index is 592. The van der Waals surface area contributed by atoms with Gasteiger partial charge in [0.25, 0.3) is 0 Å². The van der Waals surface area contributed by atoms with Crippen LogP contribution in [0.2, 0.25) is 0 Å². The molecule has 5 atom stereocenters. The highest BCUT2D eigenvalue weighted by Crippen LogP contribution is 2.63. The van der Waals surface area contributed by atoms with Crippen molar-refractivity contribution in [2.75, 3.05) is 0 Å². The topological polar surface area (TPSA) is 82.7 Å². The van der Waals surface area contributed by atoms with Crippen molar-refractivity contribution in [2.45, 2.75) is 58.3 Å². The summed E-state index contributed by atoms with van der Waals surface area (Å²) in [4.78, 5) is 36.2. The Balaban J connectivity index is 0.00000156. The highest BCUT2D eigenvalue weighted by atomic mass is 16.1. The zero-order chi connectivity index (χ0) is 15.5. The number of carbonyl (C=O) groups is 3. The number of hydrogen-bond acceptors (Lipinski definition) is 3. The van der Waals surface area contributed by atoms with Crippen LogP contribution in [0.3, 0.4) is 0 Å². The lowest BCUT2D eigenvalue weighted by molar-refractivity contribution is -0.135. The van der Waals surface area contributed by atoms with Crippen LogP contribution in [0.15, 0.2) is 11.6 Å². The summed E-state index contributed by atoms with van der Waals surface area (Å²) in [5, 5.41) is 0. The molecular formula is C19H26O4. The van der Waals surface area contributed by atoms with Gasteiger partial charge < -0.3 is 10.3 Å². The van der Waals surface area contributed by atoms with Crippen molar-refractivity contribution >= 4 is 17.9 Å². The van der Waals surface area contributed by atoms with Crippen LogP contribution in [0.25, 0.3) is 0 Å². The molecule has 4 rings (SSSR count). The third-order valence-corrected chi connectivity index (χ3v) is 7.48. The first-order chi connectivity index (χ1) is 10.5. The second kappa shape index (κ2) is 5.37. The minimum absolute atomic E-state index is 0. The Hall–Kier alpha value is -1.29. The molecule has 0 heterocycles. The Morgan fingerprint density at radius 2 is 1.83 bits per heavy atom. The quantitative estimate of drug-likeness (QED) is 0.696. The fraction of sp³-hybridized carbons (Fsp3) is 0.737. The zero-order valence-corrected chi connectivity index (χ0v) is 13.8. The number of rotatable bonds is 1. The van der Waals surface area contributed by atoms with Gasteiger partial charge in [-0.25, -0.2) is 0 Å². The van der Waals surface area contributed by atoms with Gasteiger partial charge in [-0.3, -0.25) is 9.59 Å². The molecule has 0 radical (unpaired) electrons. The molecule has 0 aliphatic heterocycles. The van der Waals surface area contributed by atoms with E-state index < -0.39 is 5.41 Å². The number of Topliss-reactive ketones (excluding diaryl/α,β-unsaturated/α-hetero) is 1. The lowest BCUT2D eigenvalue weighted by Crippen LogP contribution is -2.52. The van der Waals surface area contributed by atoms with Crippen LogP contribution in [0.4, 0.5) is 0 Å². The molecular weight excluding hydrogens is 292 g/mol. The van der Waals surface area contributed by atoms with Gasteiger partial charge in [-0.15, -0.1) is 0 Å². The number of ketones is 2. The molecule has 3 saturated carbocycles. The van der Waals surface area contributed by atoms with Gasteiger partial charge in [0.15, 0.2) is 5.78 Å². The second-order valence-electron chi connectivity index (χ2n) is 8.13. The SMILES string of the molecule is C[C@]12CC[C@H]3[C@@H](CCC4=CC(=O)CC[C@@]43C=O)[C@@H]1CCC2=O.O. The Morgan fingerprint density at radius 1 is 1.04 bits per heavy atom. The summed E-state index contributed by atoms with van der Waals surface area (Å²) in [5.41, 5.74) is 0.550. The molecule has 0 amide bonds. The van der Waals surface area contributed by atoms with E-state index in [-0.39, 0.29) is 16.7 Å². The van der Waals surface area contributed by atoms with E-state index in [1.807, 2.05) is 0 Å². The predicted octanol–water partition coefficient (Wildman–Crippen LogP) is 2.44. The smallest absolute Gasteiger partial charge is 0.155 e. The van der Waals surface area contributed by atoms with Crippen LogP contribution in [-0.2, 0) is 14.4 Å². The zero-order valence-electron chi connectivity index (χ0n) is 13.8. The first-order valence-corrected chi connectivity index (χ1v) is 8.75. The molecule has 4 aliphatic carbocycles. The fourth-order valence-electron chi connectivity index (χ4n) is 6.26. The molecule has 2 N–H and O–H groups in total. The number of carbonyl (C=O) groups excluding carboxylic acids is 3. The number of aldehydes is 1. The van der Waals surface area contributed by atoms with Crippen LogP contribution < -0.4 is 0 Å². The predicted molar refractivity (Wildman–Crippen MR) is 85.7 cm³/mol. The third-order valence-electron chi connectivity index (χ3n) is 7.48. The van der Waals surface area contributed by atoms with E-state index in [1.165, 1.54) is 0 Å². The van der Waals surface area contributed by atoms with Crippen LogP contribution in [0.1, 0.15) is 58.3 Å². The average Bonchev–Trinajstić information content (AvgIpc) is 2.82. The van der Waals surface area contributed by atoms with Crippen molar-refractivity contribution in [3.05, 3.63) is 11.6 Å². The number of allylic oxidation sites excluding steroid dienone is 1. The minimum atomic E-state index is -0.399. The van der Waals surface area contributed by atoms with Gasteiger partial charge in [0.05, 0.1) is 5.41 Å². The molecule has 0 bridgehead atoms. The van der Waals surface area contributed by atoms with E-state index in [9.17, 15) is 14.4 Å². The highest BCUT2D eigenvalue weighted by Gasteiger charge is 2.60. The van der Waals surface area contributed by atoms with Crippen molar-refractivity contribution in [3.63, 3.8) is 0 Å². The van der Waals surface area contributed by atoms with Crippen LogP contribution in [0, 0.1) is 28.6 Å². The highest BCUT2D eigenvalue weighted by molar-refractivity contribution is 5.93. The van der Waals surface area contributed by atoms with Gasteiger partial charge in [-0.2, -0.15) is 0 Å². The average molecular weight is 318 g/mol. The van der Waals surface area contributed by atoms with Crippen LogP contribution in [-0.4, -0.2) is 23.3 Å². The van der Waals surface area contributed by atoms with Gasteiger partial charge >= 0.3 is 0 Å². The normalized spacial score (nSPS) is 45.3. The summed E-state index contributed by atoms with van der Waals surface area (Å²) >= 11 is 0. The van der Waals surface area contributed by atoms with Crippen molar-refractivity contribution in [1.82, 2.24) is 0 Å². The number of hydrogen-bond donors (Lipinski definition) is 0. The molecule has 0 spiro atoms. The molecule has 4 nitrogen and oxygen atoms in total. The molecule has 126 valence electrons. The molecule has 4 heteroatoms. The maximum absolute atomic E-state index is 12.4. The molecule has 0 aromatic rings. The lowest BCUT2D eigenvalue weighted by Gasteiger charge is -2.55. The lowest BCUT2D eigenvalue weighted by atomic mass is 9.47. The maximum atomic E-state index is 12.4. The van der Waals surface area contributed by atoms with E-state index in [0.29, 0.717) is 36.4 Å². The second-order valence-corrected chi connectivity index (χ2v) is 8.13. The van der Waals surface area contributed by atoms with E-state index in [4.69, 9.17) is 0 Å². The summed E-state index contributed by atoms with van der Waals surface area (Å²) < 4.78 is 0. The molecule has 4 aliphatic rings. The third kappa shape index (κ3) is 2.03. The van der Waals surface area contributed by atoms with Crippen LogP contribution >= 0.6 is 0 Å². The minimum Gasteiger partial charge on any atom is -0.412 e. The first-order valence-electron chi connectivity index (χ1n) is 8.75. The largest absolute Gasteiger partial charge is 0.412 e. The van der Waals surface area contributed by atoms with Gasteiger partial charge in [0.1, 0.15) is 12.1 Å². The monoisotopic (exact) mass is 318 g/mol. The molecule has 0 aromatic heterocycles. The van der Waals surface area contributed by atoms with Gasteiger partial charge in [0, 0.05) is 18.3 Å². The molecule has 3 fully saturated rings. The van der Waals surface area contributed by atoms with Gasteiger partial charge in [-0.1, -0.05) is 12.5 Å². The van der Waals surface area contributed by atoms with Crippen molar-refractivity contribution in [1.29, 1.82) is 0 Å². The molecule has 0 aromatic carbocycles. The Labute approximate surface area is 137 Å². The Morgan fingerprint density at radius 3 is 2.57 bits per heavy atom. The molecule has 0 unspecified atom stereocenters. The molecule has 23 heavy (non-hydrogen) atoms. The van der Waals surface area contributed by atoms with Crippen molar-refractivity contribution in [2.24, 2.45) is 28.6 Å².